The average Bonchev–Trinajstić information content (AvgIpc) is 2.53. The number of nitrogen functional groups attached to an aromatic ring is 1. The summed E-state index contributed by atoms with van der Waals surface area (Å²) in [6.45, 7) is 12.7. The number of benzene rings is 1. The van der Waals surface area contributed by atoms with Crippen LogP contribution in [0.15, 0.2) is 18.2 Å². The van der Waals surface area contributed by atoms with Gasteiger partial charge in [-0.15, -0.1) is 0 Å². The van der Waals surface area contributed by atoms with Gasteiger partial charge < -0.3 is 15.5 Å². The molecule has 0 spiro atoms. The lowest BCUT2D eigenvalue weighted by Gasteiger charge is -2.38. The monoisotopic (exact) mass is 375 g/mol. The van der Waals surface area contributed by atoms with Gasteiger partial charge in [-0.1, -0.05) is 13.8 Å². The number of hydrogen-bond donors (Lipinski definition) is 1. The molecule has 0 atom stereocenters. The van der Waals surface area contributed by atoms with Gasteiger partial charge in [0.05, 0.1) is 22.9 Å². The quantitative estimate of drug-likeness (QED) is 0.631. The molecule has 5 nitrogen and oxygen atoms in total. The highest BCUT2D eigenvalue weighted by atomic mass is 32.2. The molecule has 0 amide bonds. The molecule has 1 aromatic rings. The van der Waals surface area contributed by atoms with Crippen LogP contribution in [0, 0.1) is 12.5 Å². The van der Waals surface area contributed by atoms with E-state index in [-0.39, 0.29) is 23.1 Å². The molecule has 2 aliphatic rings. The van der Waals surface area contributed by atoms with Crippen molar-refractivity contribution >= 4 is 21.2 Å². The molecule has 0 bridgehead atoms. The van der Waals surface area contributed by atoms with Crippen molar-refractivity contribution in [2.45, 2.75) is 57.5 Å². The fraction of sp³-hybridized carbons (Fsp3) is 0.650. The predicted molar refractivity (Wildman–Crippen MR) is 107 cm³/mol. The average molecular weight is 376 g/mol. The van der Waals surface area contributed by atoms with Crippen molar-refractivity contribution in [2.24, 2.45) is 5.92 Å². The molecule has 26 heavy (non-hydrogen) atoms. The normalized spacial score (nSPS) is 21.8. The van der Waals surface area contributed by atoms with E-state index in [1.54, 1.807) is 0 Å². The zero-order valence-electron chi connectivity index (χ0n) is 15.7. The lowest BCUT2D eigenvalue weighted by Crippen LogP contribution is -2.43. The van der Waals surface area contributed by atoms with Crippen molar-refractivity contribution in [3.8, 4) is 0 Å². The molecule has 2 fully saturated rings. The van der Waals surface area contributed by atoms with E-state index in [4.69, 9.17) is 12.3 Å². The van der Waals surface area contributed by atoms with Crippen molar-refractivity contribution in [1.29, 1.82) is 0 Å². The molecule has 0 aromatic heterocycles. The van der Waals surface area contributed by atoms with Gasteiger partial charge in [-0.25, -0.2) is 15.0 Å². The van der Waals surface area contributed by atoms with E-state index in [0.717, 1.165) is 37.1 Å². The SMILES string of the molecule is [C-]#[N+]C1(c2ccc(N(CC(C)C)C3CCS(=O)(=O)CC3)c(N)c2)CCC1. The van der Waals surface area contributed by atoms with Gasteiger partial charge in [0.25, 0.3) is 5.54 Å². The minimum atomic E-state index is -2.89. The molecular formula is C20H29N3O2S. The molecule has 1 aliphatic carbocycles. The van der Waals surface area contributed by atoms with E-state index in [1.807, 2.05) is 12.1 Å². The summed E-state index contributed by atoms with van der Waals surface area (Å²) in [5, 5.41) is 0. The first-order valence-corrected chi connectivity index (χ1v) is 11.3. The fourth-order valence-electron chi connectivity index (χ4n) is 4.11. The Morgan fingerprint density at radius 3 is 2.42 bits per heavy atom. The van der Waals surface area contributed by atoms with Crippen LogP contribution in [-0.2, 0) is 15.4 Å². The van der Waals surface area contributed by atoms with E-state index in [1.165, 1.54) is 0 Å². The number of anilines is 2. The van der Waals surface area contributed by atoms with Crippen LogP contribution in [0.25, 0.3) is 4.85 Å². The molecule has 142 valence electrons. The van der Waals surface area contributed by atoms with Gasteiger partial charge in [0.1, 0.15) is 9.84 Å². The molecule has 1 saturated heterocycles. The van der Waals surface area contributed by atoms with Crippen LogP contribution in [0.4, 0.5) is 11.4 Å². The lowest BCUT2D eigenvalue weighted by molar-refractivity contribution is 0.310. The highest BCUT2D eigenvalue weighted by Gasteiger charge is 2.46. The van der Waals surface area contributed by atoms with E-state index < -0.39 is 9.84 Å². The van der Waals surface area contributed by atoms with Gasteiger partial charge in [-0.3, -0.25) is 0 Å². The summed E-state index contributed by atoms with van der Waals surface area (Å²) in [4.78, 5) is 6.17. The van der Waals surface area contributed by atoms with Crippen LogP contribution < -0.4 is 10.6 Å². The van der Waals surface area contributed by atoms with Crippen LogP contribution in [0.5, 0.6) is 0 Å². The lowest BCUT2D eigenvalue weighted by atomic mass is 9.72. The molecule has 0 radical (unpaired) electrons. The van der Waals surface area contributed by atoms with Crippen LogP contribution in [-0.4, -0.2) is 32.5 Å². The maximum absolute atomic E-state index is 11.8. The van der Waals surface area contributed by atoms with Gasteiger partial charge in [-0.05, 0) is 43.4 Å². The summed E-state index contributed by atoms with van der Waals surface area (Å²) in [6, 6.07) is 6.27. The second-order valence-electron chi connectivity index (χ2n) is 8.20. The van der Waals surface area contributed by atoms with Crippen LogP contribution >= 0.6 is 0 Å². The Morgan fingerprint density at radius 2 is 1.96 bits per heavy atom. The first-order valence-electron chi connectivity index (χ1n) is 9.52. The molecule has 1 heterocycles. The minimum absolute atomic E-state index is 0.201. The van der Waals surface area contributed by atoms with Gasteiger partial charge in [0, 0.05) is 31.0 Å². The van der Waals surface area contributed by atoms with E-state index >= 15 is 0 Å². The number of rotatable bonds is 5. The second kappa shape index (κ2) is 7.11. The number of hydrogen-bond acceptors (Lipinski definition) is 4. The summed E-state index contributed by atoms with van der Waals surface area (Å²) < 4.78 is 23.6. The largest absolute Gasteiger partial charge is 0.397 e. The second-order valence-corrected chi connectivity index (χ2v) is 10.5. The summed E-state index contributed by atoms with van der Waals surface area (Å²) in [6.07, 6.45) is 4.22. The summed E-state index contributed by atoms with van der Waals surface area (Å²) >= 11 is 0. The van der Waals surface area contributed by atoms with E-state index in [0.29, 0.717) is 24.4 Å². The Hall–Kier alpha value is -1.74. The molecule has 1 aliphatic heterocycles. The number of sulfone groups is 1. The van der Waals surface area contributed by atoms with Crippen LogP contribution in [0.1, 0.15) is 51.5 Å². The number of nitrogens with zero attached hydrogens (tertiary/aromatic N) is 2. The van der Waals surface area contributed by atoms with Crippen LogP contribution in [0.3, 0.4) is 0 Å². The fourth-order valence-corrected chi connectivity index (χ4v) is 5.58. The van der Waals surface area contributed by atoms with Crippen molar-refractivity contribution < 1.29 is 8.42 Å². The third-order valence-electron chi connectivity index (χ3n) is 5.80. The summed E-state index contributed by atoms with van der Waals surface area (Å²) in [5.74, 6) is 0.963. The van der Waals surface area contributed by atoms with E-state index in [9.17, 15) is 8.42 Å². The minimum Gasteiger partial charge on any atom is -0.397 e. The molecule has 0 unspecified atom stereocenters. The summed E-state index contributed by atoms with van der Waals surface area (Å²) in [7, 11) is -2.89. The van der Waals surface area contributed by atoms with Gasteiger partial charge in [-0.2, -0.15) is 0 Å². The van der Waals surface area contributed by atoms with Crippen molar-refractivity contribution in [1.82, 2.24) is 0 Å². The third kappa shape index (κ3) is 3.68. The predicted octanol–water partition coefficient (Wildman–Crippen LogP) is 3.61. The highest BCUT2D eigenvalue weighted by molar-refractivity contribution is 7.91. The first kappa shape index (κ1) is 19.0. The Bertz CT molecular complexity index is 793. The number of nitrogens with two attached hydrogens (primary N) is 1. The molecule has 1 saturated carbocycles. The molecule has 1 aromatic carbocycles. The first-order chi connectivity index (χ1) is 12.3. The Morgan fingerprint density at radius 1 is 1.31 bits per heavy atom. The maximum atomic E-state index is 11.8. The Labute approximate surface area is 157 Å². The Balaban J connectivity index is 1.88. The zero-order chi connectivity index (χ0) is 18.9. The topological polar surface area (TPSA) is 67.8 Å². The van der Waals surface area contributed by atoms with Gasteiger partial charge >= 0.3 is 0 Å². The van der Waals surface area contributed by atoms with E-state index in [2.05, 4.69) is 29.7 Å². The van der Waals surface area contributed by atoms with Gasteiger partial charge in [0.2, 0.25) is 0 Å². The summed E-state index contributed by atoms with van der Waals surface area (Å²) in [5.41, 5.74) is 8.75. The third-order valence-corrected chi connectivity index (χ3v) is 7.51. The molecule has 2 N–H and O–H groups in total. The molecule has 3 rings (SSSR count). The maximum Gasteiger partial charge on any atom is 0.257 e. The van der Waals surface area contributed by atoms with Gasteiger partial charge in [0.15, 0.2) is 0 Å². The van der Waals surface area contributed by atoms with Crippen LogP contribution in [0.2, 0.25) is 0 Å². The van der Waals surface area contributed by atoms with Crippen molar-refractivity contribution in [2.75, 3.05) is 28.7 Å². The standard InChI is InChI=1S/C20H29N3O2S/c1-15(2)14-23(17-7-11-26(24,25)12-8-17)19-6-5-16(13-18(19)21)20(22-3)9-4-10-20/h5-6,13,15,17H,4,7-12,14,21H2,1-2H3. The smallest absolute Gasteiger partial charge is 0.257 e. The van der Waals surface area contributed by atoms with Crippen molar-refractivity contribution in [3.63, 3.8) is 0 Å². The highest BCUT2D eigenvalue weighted by Crippen LogP contribution is 2.46. The Kier molecular flexibility index (Phi) is 5.21. The van der Waals surface area contributed by atoms with Crippen molar-refractivity contribution in [3.05, 3.63) is 35.2 Å². The molecular weight excluding hydrogens is 346 g/mol. The molecule has 6 heteroatoms. The zero-order valence-corrected chi connectivity index (χ0v) is 16.6.